The third-order valence-corrected chi connectivity index (χ3v) is 4.06. The van der Waals surface area contributed by atoms with Crippen LogP contribution in [0.15, 0.2) is 12.1 Å². The lowest BCUT2D eigenvalue weighted by molar-refractivity contribution is 0.0831. The Kier molecular flexibility index (Phi) is 4.02. The maximum absolute atomic E-state index is 13.8. The molecule has 0 spiro atoms. The highest BCUT2D eigenvalue weighted by Gasteiger charge is 2.31. The van der Waals surface area contributed by atoms with E-state index in [4.69, 9.17) is 0 Å². The van der Waals surface area contributed by atoms with Gasteiger partial charge >= 0.3 is 0 Å². The molecule has 0 bridgehead atoms. The molecule has 104 valence electrons. The molecule has 2 atom stereocenters. The van der Waals surface area contributed by atoms with Crippen LogP contribution in [0, 0.1) is 36.3 Å². The molecule has 1 nitrogen and oxygen atoms in total. The fourth-order valence-electron chi connectivity index (χ4n) is 3.23. The molecule has 0 heterocycles. The second kappa shape index (κ2) is 5.40. The van der Waals surface area contributed by atoms with E-state index in [0.29, 0.717) is 17.4 Å². The normalized spacial score (nSPS) is 27.3. The smallest absolute Gasteiger partial charge is 0.168 e. The van der Waals surface area contributed by atoms with Crippen molar-refractivity contribution in [3.8, 4) is 0 Å². The molecule has 19 heavy (non-hydrogen) atoms. The second-order valence-corrected chi connectivity index (χ2v) is 6.06. The Morgan fingerprint density at radius 3 is 2.21 bits per heavy atom. The van der Waals surface area contributed by atoms with Gasteiger partial charge in [0.05, 0.1) is 5.56 Å². The van der Waals surface area contributed by atoms with Crippen LogP contribution in [0.3, 0.4) is 0 Å². The SMILES string of the molecule is Cc1cc(C(=O)C2CC(C)CC(C)C2)c(F)cc1F. The van der Waals surface area contributed by atoms with E-state index in [0.717, 1.165) is 25.3 Å². The maximum atomic E-state index is 13.8. The Hall–Kier alpha value is -1.25. The van der Waals surface area contributed by atoms with Gasteiger partial charge in [-0.2, -0.15) is 0 Å². The number of hydrogen-bond acceptors (Lipinski definition) is 1. The second-order valence-electron chi connectivity index (χ2n) is 6.06. The molecule has 1 fully saturated rings. The van der Waals surface area contributed by atoms with Crippen molar-refractivity contribution < 1.29 is 13.6 Å². The molecule has 1 saturated carbocycles. The minimum Gasteiger partial charge on any atom is -0.294 e. The molecule has 2 unspecified atom stereocenters. The van der Waals surface area contributed by atoms with Crippen molar-refractivity contribution in [2.24, 2.45) is 17.8 Å². The zero-order valence-corrected chi connectivity index (χ0v) is 11.7. The van der Waals surface area contributed by atoms with E-state index >= 15 is 0 Å². The summed E-state index contributed by atoms with van der Waals surface area (Å²) in [5.41, 5.74) is 0.367. The number of aryl methyl sites for hydroxylation is 1. The molecule has 3 heteroatoms. The summed E-state index contributed by atoms with van der Waals surface area (Å²) in [5.74, 6) is -0.653. The van der Waals surface area contributed by atoms with Gasteiger partial charge in [0, 0.05) is 12.0 Å². The van der Waals surface area contributed by atoms with Gasteiger partial charge in [-0.1, -0.05) is 13.8 Å². The Bertz CT molecular complexity index is 486. The summed E-state index contributed by atoms with van der Waals surface area (Å²) >= 11 is 0. The van der Waals surface area contributed by atoms with Crippen molar-refractivity contribution >= 4 is 5.78 Å². The molecule has 1 aliphatic carbocycles. The van der Waals surface area contributed by atoms with Gasteiger partial charge in [0.1, 0.15) is 11.6 Å². The Morgan fingerprint density at radius 1 is 1.05 bits per heavy atom. The highest BCUT2D eigenvalue weighted by Crippen LogP contribution is 2.35. The molecular weight excluding hydrogens is 246 g/mol. The topological polar surface area (TPSA) is 17.1 Å². The number of benzene rings is 1. The van der Waals surface area contributed by atoms with E-state index in [-0.39, 0.29) is 17.3 Å². The van der Waals surface area contributed by atoms with Gasteiger partial charge in [-0.15, -0.1) is 0 Å². The number of carbonyl (C=O) groups excluding carboxylic acids is 1. The van der Waals surface area contributed by atoms with Gasteiger partial charge in [-0.05, 0) is 49.7 Å². The largest absolute Gasteiger partial charge is 0.294 e. The summed E-state index contributed by atoms with van der Waals surface area (Å²) in [4.78, 5) is 12.4. The van der Waals surface area contributed by atoms with Crippen LogP contribution in [0.2, 0.25) is 0 Å². The first-order chi connectivity index (χ1) is 8.88. The summed E-state index contributed by atoms with van der Waals surface area (Å²) in [5, 5.41) is 0. The minimum atomic E-state index is -0.737. The predicted octanol–water partition coefficient (Wildman–Crippen LogP) is 4.53. The number of rotatable bonds is 2. The minimum absolute atomic E-state index is 0.0465. The molecule has 0 aliphatic heterocycles. The standard InChI is InChI=1S/C16H20F2O/c1-9-4-10(2)6-12(5-9)16(19)13-7-11(3)14(17)8-15(13)18/h7-10,12H,4-6H2,1-3H3. The predicted molar refractivity (Wildman–Crippen MR) is 71.1 cm³/mol. The summed E-state index contributed by atoms with van der Waals surface area (Å²) in [6.07, 6.45) is 2.73. The van der Waals surface area contributed by atoms with Crippen LogP contribution in [0.5, 0.6) is 0 Å². The van der Waals surface area contributed by atoms with Crippen molar-refractivity contribution in [2.45, 2.75) is 40.0 Å². The van der Waals surface area contributed by atoms with Crippen molar-refractivity contribution in [3.63, 3.8) is 0 Å². The van der Waals surface area contributed by atoms with E-state index in [1.807, 2.05) is 0 Å². The first-order valence-electron chi connectivity index (χ1n) is 6.88. The summed E-state index contributed by atoms with van der Waals surface area (Å²) in [6.45, 7) is 5.81. The van der Waals surface area contributed by atoms with Crippen LogP contribution in [0.25, 0.3) is 0 Å². The van der Waals surface area contributed by atoms with Crippen LogP contribution < -0.4 is 0 Å². The van der Waals surface area contributed by atoms with Gasteiger partial charge in [-0.3, -0.25) is 4.79 Å². The molecule has 2 rings (SSSR count). The third-order valence-electron chi connectivity index (χ3n) is 4.06. The molecule has 0 N–H and O–H groups in total. The van der Waals surface area contributed by atoms with Crippen LogP contribution in [0.4, 0.5) is 8.78 Å². The van der Waals surface area contributed by atoms with Crippen molar-refractivity contribution in [1.29, 1.82) is 0 Å². The van der Waals surface area contributed by atoms with Gasteiger partial charge < -0.3 is 0 Å². The van der Waals surface area contributed by atoms with E-state index in [2.05, 4.69) is 13.8 Å². The average Bonchev–Trinajstić information content (AvgIpc) is 2.31. The lowest BCUT2D eigenvalue weighted by atomic mass is 9.74. The quantitative estimate of drug-likeness (QED) is 0.719. The molecular formula is C16H20F2O. The van der Waals surface area contributed by atoms with Gasteiger partial charge in [-0.25, -0.2) is 8.78 Å². The van der Waals surface area contributed by atoms with Crippen molar-refractivity contribution in [2.75, 3.05) is 0 Å². The third kappa shape index (κ3) is 3.02. The zero-order valence-electron chi connectivity index (χ0n) is 11.7. The molecule has 1 aromatic rings. The first-order valence-corrected chi connectivity index (χ1v) is 6.88. The zero-order chi connectivity index (χ0) is 14.2. The van der Waals surface area contributed by atoms with Crippen LogP contribution in [0.1, 0.15) is 49.0 Å². The fraction of sp³-hybridized carbons (Fsp3) is 0.562. The number of ketones is 1. The average molecular weight is 266 g/mol. The molecule has 0 aromatic heterocycles. The molecule has 1 aromatic carbocycles. The Balaban J connectivity index is 2.26. The van der Waals surface area contributed by atoms with Gasteiger partial charge in [0.25, 0.3) is 0 Å². The van der Waals surface area contributed by atoms with E-state index < -0.39 is 11.6 Å². The van der Waals surface area contributed by atoms with Gasteiger partial charge in [0.15, 0.2) is 5.78 Å². The molecule has 0 amide bonds. The van der Waals surface area contributed by atoms with E-state index in [1.54, 1.807) is 6.92 Å². The number of Topliss-reactive ketones (excluding diaryl/α,β-unsaturated/α-hetero) is 1. The van der Waals surface area contributed by atoms with Crippen LogP contribution in [-0.4, -0.2) is 5.78 Å². The number of halogens is 2. The Morgan fingerprint density at radius 2 is 1.63 bits per heavy atom. The van der Waals surface area contributed by atoms with Crippen LogP contribution in [-0.2, 0) is 0 Å². The highest BCUT2D eigenvalue weighted by atomic mass is 19.1. The van der Waals surface area contributed by atoms with Crippen molar-refractivity contribution in [3.05, 3.63) is 34.9 Å². The fourth-order valence-corrected chi connectivity index (χ4v) is 3.23. The first kappa shape index (κ1) is 14.2. The summed E-state index contributed by atoms with van der Waals surface area (Å²) < 4.78 is 27.0. The lowest BCUT2D eigenvalue weighted by Gasteiger charge is -2.30. The van der Waals surface area contributed by atoms with Gasteiger partial charge in [0.2, 0.25) is 0 Å². The van der Waals surface area contributed by atoms with E-state index in [9.17, 15) is 13.6 Å². The van der Waals surface area contributed by atoms with E-state index in [1.165, 1.54) is 6.07 Å². The number of carbonyl (C=O) groups is 1. The molecule has 0 radical (unpaired) electrons. The lowest BCUT2D eigenvalue weighted by Crippen LogP contribution is -2.26. The van der Waals surface area contributed by atoms with Crippen LogP contribution >= 0.6 is 0 Å². The molecule has 0 saturated heterocycles. The maximum Gasteiger partial charge on any atom is 0.168 e. The molecule has 1 aliphatic rings. The highest BCUT2D eigenvalue weighted by molar-refractivity contribution is 5.98. The summed E-state index contributed by atoms with van der Waals surface area (Å²) in [6, 6.07) is 2.16. The monoisotopic (exact) mass is 266 g/mol. The summed E-state index contributed by atoms with van der Waals surface area (Å²) in [7, 11) is 0. The Labute approximate surface area is 113 Å². The number of hydrogen-bond donors (Lipinski definition) is 0. The van der Waals surface area contributed by atoms with Crippen molar-refractivity contribution in [1.82, 2.24) is 0 Å².